The standard InChI is InChI=1S/C14H17N5/c1-8(2)12-11-13(15)16-17-14(11)19(18-12)10-6-4-5-9(3)7-10/h4-8H,1-3H3,(H3,15,16,17). The van der Waals surface area contributed by atoms with Crippen LogP contribution in [0.5, 0.6) is 0 Å². The van der Waals surface area contributed by atoms with Gasteiger partial charge in [-0.3, -0.25) is 5.10 Å². The van der Waals surface area contributed by atoms with E-state index in [1.807, 2.05) is 16.8 Å². The number of hydrogen-bond donors (Lipinski definition) is 2. The molecule has 0 spiro atoms. The lowest BCUT2D eigenvalue weighted by atomic mass is 10.1. The Balaban J connectivity index is 2.30. The molecule has 1 aromatic carbocycles. The van der Waals surface area contributed by atoms with E-state index in [9.17, 15) is 0 Å². The number of aryl methyl sites for hydroxylation is 1. The summed E-state index contributed by atoms with van der Waals surface area (Å²) in [5, 5.41) is 12.7. The molecule has 98 valence electrons. The van der Waals surface area contributed by atoms with E-state index in [0.29, 0.717) is 11.7 Å². The first-order valence-corrected chi connectivity index (χ1v) is 6.37. The number of nitrogens with two attached hydrogens (primary N) is 1. The summed E-state index contributed by atoms with van der Waals surface area (Å²) in [4.78, 5) is 0. The number of nitrogen functional groups attached to an aromatic ring is 1. The predicted octanol–water partition coefficient (Wildman–Crippen LogP) is 2.76. The second kappa shape index (κ2) is 4.12. The van der Waals surface area contributed by atoms with Gasteiger partial charge < -0.3 is 5.73 Å². The number of rotatable bonds is 2. The summed E-state index contributed by atoms with van der Waals surface area (Å²) in [5.74, 6) is 0.881. The molecule has 0 saturated heterocycles. The van der Waals surface area contributed by atoms with Gasteiger partial charge in [-0.2, -0.15) is 10.2 Å². The Kier molecular flexibility index (Phi) is 2.55. The van der Waals surface area contributed by atoms with Crippen molar-refractivity contribution in [3.63, 3.8) is 0 Å². The van der Waals surface area contributed by atoms with Gasteiger partial charge in [0.1, 0.15) is 5.82 Å². The average molecular weight is 255 g/mol. The molecule has 0 fully saturated rings. The molecule has 0 unspecified atom stereocenters. The number of benzene rings is 1. The van der Waals surface area contributed by atoms with Gasteiger partial charge >= 0.3 is 0 Å². The molecular weight excluding hydrogens is 238 g/mol. The van der Waals surface area contributed by atoms with Crippen LogP contribution < -0.4 is 5.73 Å². The van der Waals surface area contributed by atoms with Crippen molar-refractivity contribution >= 4 is 16.9 Å². The Hall–Kier alpha value is -2.30. The highest BCUT2D eigenvalue weighted by molar-refractivity contribution is 5.90. The summed E-state index contributed by atoms with van der Waals surface area (Å²) < 4.78 is 1.85. The van der Waals surface area contributed by atoms with Crippen molar-refractivity contribution in [2.24, 2.45) is 0 Å². The van der Waals surface area contributed by atoms with E-state index >= 15 is 0 Å². The fourth-order valence-electron chi connectivity index (χ4n) is 2.30. The van der Waals surface area contributed by atoms with Gasteiger partial charge in [0.2, 0.25) is 0 Å². The lowest BCUT2D eigenvalue weighted by Gasteiger charge is -2.03. The molecule has 0 aliphatic rings. The first-order valence-electron chi connectivity index (χ1n) is 6.37. The van der Waals surface area contributed by atoms with Crippen LogP contribution in [0.4, 0.5) is 5.82 Å². The van der Waals surface area contributed by atoms with E-state index < -0.39 is 0 Å². The second-order valence-corrected chi connectivity index (χ2v) is 5.13. The van der Waals surface area contributed by atoms with Crippen molar-refractivity contribution < 1.29 is 0 Å². The van der Waals surface area contributed by atoms with Gasteiger partial charge in [-0.1, -0.05) is 26.0 Å². The SMILES string of the molecule is Cc1cccc(-n2nc(C(C)C)c3c(N)[nH]nc32)c1. The number of aromatic nitrogens is 4. The van der Waals surface area contributed by atoms with Crippen LogP contribution in [-0.2, 0) is 0 Å². The van der Waals surface area contributed by atoms with Crippen LogP contribution in [0.2, 0.25) is 0 Å². The predicted molar refractivity (Wildman–Crippen MR) is 76.5 cm³/mol. The van der Waals surface area contributed by atoms with Crippen LogP contribution in [0.25, 0.3) is 16.7 Å². The van der Waals surface area contributed by atoms with Gasteiger partial charge in [0, 0.05) is 0 Å². The first kappa shape index (κ1) is 11.8. The number of nitrogens with zero attached hydrogens (tertiary/aromatic N) is 3. The molecular formula is C14H17N5. The molecule has 5 nitrogen and oxygen atoms in total. The molecule has 3 rings (SSSR count). The Morgan fingerprint density at radius 1 is 1.32 bits per heavy atom. The highest BCUT2D eigenvalue weighted by Crippen LogP contribution is 2.29. The molecule has 19 heavy (non-hydrogen) atoms. The van der Waals surface area contributed by atoms with Crippen LogP contribution in [-0.4, -0.2) is 20.0 Å². The van der Waals surface area contributed by atoms with Gasteiger partial charge in [-0.25, -0.2) is 4.68 Å². The highest BCUT2D eigenvalue weighted by Gasteiger charge is 2.19. The van der Waals surface area contributed by atoms with Gasteiger partial charge in [0.15, 0.2) is 5.65 Å². The average Bonchev–Trinajstić information content (AvgIpc) is 2.90. The zero-order valence-corrected chi connectivity index (χ0v) is 11.3. The zero-order valence-electron chi connectivity index (χ0n) is 11.3. The van der Waals surface area contributed by atoms with E-state index in [1.165, 1.54) is 5.56 Å². The van der Waals surface area contributed by atoms with E-state index in [2.05, 4.69) is 48.2 Å². The third kappa shape index (κ3) is 1.78. The summed E-state index contributed by atoms with van der Waals surface area (Å²) >= 11 is 0. The number of hydrogen-bond acceptors (Lipinski definition) is 3. The third-order valence-corrected chi connectivity index (χ3v) is 3.23. The minimum absolute atomic E-state index is 0.299. The zero-order chi connectivity index (χ0) is 13.6. The lowest BCUT2D eigenvalue weighted by Crippen LogP contribution is -2.00. The molecule has 3 aromatic rings. The Morgan fingerprint density at radius 2 is 2.11 bits per heavy atom. The van der Waals surface area contributed by atoms with Gasteiger partial charge in [-0.15, -0.1) is 0 Å². The molecule has 0 amide bonds. The quantitative estimate of drug-likeness (QED) is 0.739. The van der Waals surface area contributed by atoms with Gasteiger partial charge in [-0.05, 0) is 30.5 Å². The Bertz CT molecular complexity index is 735. The molecule has 3 N–H and O–H groups in total. The minimum Gasteiger partial charge on any atom is -0.383 e. The smallest absolute Gasteiger partial charge is 0.186 e. The molecule has 0 aliphatic carbocycles. The summed E-state index contributed by atoms with van der Waals surface area (Å²) in [5.41, 5.74) is 9.92. The van der Waals surface area contributed by atoms with Crippen molar-refractivity contribution in [2.45, 2.75) is 26.7 Å². The van der Waals surface area contributed by atoms with Crippen LogP contribution in [0.3, 0.4) is 0 Å². The lowest BCUT2D eigenvalue weighted by molar-refractivity contribution is 0.772. The van der Waals surface area contributed by atoms with E-state index in [4.69, 9.17) is 5.73 Å². The van der Waals surface area contributed by atoms with Crippen molar-refractivity contribution in [1.82, 2.24) is 20.0 Å². The second-order valence-electron chi connectivity index (χ2n) is 5.13. The molecule has 0 atom stereocenters. The Labute approximate surface area is 111 Å². The van der Waals surface area contributed by atoms with Gasteiger partial charge in [0.05, 0.1) is 16.8 Å². The third-order valence-electron chi connectivity index (χ3n) is 3.23. The van der Waals surface area contributed by atoms with Crippen molar-refractivity contribution in [2.75, 3.05) is 5.73 Å². The van der Waals surface area contributed by atoms with Crippen LogP contribution in [0.1, 0.15) is 31.0 Å². The molecule has 0 saturated carbocycles. The molecule has 0 radical (unpaired) electrons. The summed E-state index contributed by atoms with van der Waals surface area (Å²) in [7, 11) is 0. The maximum Gasteiger partial charge on any atom is 0.186 e. The number of aromatic amines is 1. The summed E-state index contributed by atoms with van der Waals surface area (Å²) in [6.45, 7) is 6.27. The maximum absolute atomic E-state index is 5.96. The number of nitrogens with one attached hydrogen (secondary N) is 1. The topological polar surface area (TPSA) is 72.5 Å². The monoisotopic (exact) mass is 255 g/mol. The molecule has 5 heteroatoms. The molecule has 0 bridgehead atoms. The largest absolute Gasteiger partial charge is 0.383 e. The summed E-state index contributed by atoms with van der Waals surface area (Å²) in [6, 6.07) is 8.19. The van der Waals surface area contributed by atoms with Crippen LogP contribution >= 0.6 is 0 Å². The van der Waals surface area contributed by atoms with Crippen LogP contribution in [0.15, 0.2) is 24.3 Å². The normalized spacial score (nSPS) is 11.6. The molecule has 2 heterocycles. The Morgan fingerprint density at radius 3 is 2.79 bits per heavy atom. The van der Waals surface area contributed by atoms with Crippen molar-refractivity contribution in [3.05, 3.63) is 35.5 Å². The van der Waals surface area contributed by atoms with E-state index in [0.717, 1.165) is 22.4 Å². The molecule has 2 aromatic heterocycles. The first-order chi connectivity index (χ1) is 9.08. The number of H-pyrrole nitrogens is 1. The minimum atomic E-state index is 0.299. The van der Waals surface area contributed by atoms with Crippen LogP contribution in [0, 0.1) is 6.92 Å². The van der Waals surface area contributed by atoms with E-state index in [-0.39, 0.29) is 0 Å². The van der Waals surface area contributed by atoms with E-state index in [1.54, 1.807) is 0 Å². The molecule has 0 aliphatic heterocycles. The number of anilines is 1. The fourth-order valence-corrected chi connectivity index (χ4v) is 2.30. The van der Waals surface area contributed by atoms with Crippen molar-refractivity contribution in [3.8, 4) is 5.69 Å². The fraction of sp³-hybridized carbons (Fsp3) is 0.286. The number of fused-ring (bicyclic) bond motifs is 1. The maximum atomic E-state index is 5.96. The highest BCUT2D eigenvalue weighted by atomic mass is 15.4. The van der Waals surface area contributed by atoms with Gasteiger partial charge in [0.25, 0.3) is 0 Å². The summed E-state index contributed by atoms with van der Waals surface area (Å²) in [6.07, 6.45) is 0. The van der Waals surface area contributed by atoms with Crippen molar-refractivity contribution in [1.29, 1.82) is 0 Å².